The number of fused-ring (bicyclic) bond motifs is 3. The number of carbonyl (C=O) groups is 2. The minimum Gasteiger partial charge on any atom is -0.490 e. The third-order valence-corrected chi connectivity index (χ3v) is 7.37. The van der Waals surface area contributed by atoms with Crippen molar-refractivity contribution in [2.75, 3.05) is 24.6 Å². The third-order valence-electron chi connectivity index (χ3n) is 7.37. The van der Waals surface area contributed by atoms with Gasteiger partial charge in [-0.05, 0) is 26.3 Å². The molecule has 6 rings (SSSR count). The summed E-state index contributed by atoms with van der Waals surface area (Å²) >= 11 is 0. The van der Waals surface area contributed by atoms with E-state index in [0.29, 0.717) is 28.1 Å². The average molecular weight is 471 g/mol. The lowest BCUT2D eigenvalue weighted by Gasteiger charge is -2.43. The van der Waals surface area contributed by atoms with Gasteiger partial charge in [-0.2, -0.15) is 8.78 Å². The number of hydrogen-bond acceptors (Lipinski definition) is 7. The first-order chi connectivity index (χ1) is 16.2. The molecular weight excluding hydrogens is 448 g/mol. The van der Waals surface area contributed by atoms with Crippen molar-refractivity contribution in [1.82, 2.24) is 20.2 Å². The Labute approximate surface area is 193 Å². The second-order valence-corrected chi connectivity index (χ2v) is 9.25. The van der Waals surface area contributed by atoms with Gasteiger partial charge in [0.1, 0.15) is 18.1 Å². The van der Waals surface area contributed by atoms with Crippen LogP contribution >= 0.6 is 0 Å². The van der Waals surface area contributed by atoms with Crippen LogP contribution in [-0.4, -0.2) is 63.8 Å². The molecule has 2 saturated heterocycles. The molecule has 11 heteroatoms. The van der Waals surface area contributed by atoms with E-state index in [2.05, 4.69) is 15.3 Å². The summed E-state index contributed by atoms with van der Waals surface area (Å²) in [6.07, 6.45) is -0.769. The number of nitrogens with one attached hydrogen (secondary N) is 1. The Kier molecular flexibility index (Phi) is 4.27. The Morgan fingerprint density at radius 2 is 2.09 bits per heavy atom. The summed E-state index contributed by atoms with van der Waals surface area (Å²) in [6, 6.07) is 4.32. The number of alkyl halides is 2. The minimum absolute atomic E-state index is 0.0404. The Bertz CT molecular complexity index is 1250. The molecule has 1 aromatic carbocycles. The van der Waals surface area contributed by atoms with E-state index < -0.39 is 23.6 Å². The number of likely N-dealkylation sites (N-methyl/N-ethyl adjacent to an activating group) is 1. The average Bonchev–Trinajstić information content (AvgIpc) is 3.42. The molecule has 178 valence electrons. The van der Waals surface area contributed by atoms with Crippen molar-refractivity contribution in [3.63, 3.8) is 0 Å². The lowest BCUT2D eigenvalue weighted by Crippen LogP contribution is -2.59. The van der Waals surface area contributed by atoms with Crippen LogP contribution in [0.5, 0.6) is 5.75 Å². The number of aliphatic hydroxyl groups excluding tert-OH is 1. The zero-order valence-electron chi connectivity index (χ0n) is 18.6. The molecule has 0 bridgehead atoms. The van der Waals surface area contributed by atoms with E-state index in [1.54, 1.807) is 36.9 Å². The van der Waals surface area contributed by atoms with Crippen LogP contribution in [0.2, 0.25) is 0 Å². The van der Waals surface area contributed by atoms with Gasteiger partial charge in [0.15, 0.2) is 5.54 Å². The SMILES string of the molecule is CCN1C(=O)NC2(COc3cc(-c4nc(N5C[C@@H](O)[C@@H]5C)nc5c4CCC5(F)F)ccc32)C1=O. The number of aliphatic hydroxyl groups is 1. The van der Waals surface area contributed by atoms with Crippen LogP contribution in [0.25, 0.3) is 11.3 Å². The molecule has 0 radical (unpaired) electrons. The number of hydrogen-bond donors (Lipinski definition) is 2. The first-order valence-corrected chi connectivity index (χ1v) is 11.3. The molecular formula is C23H23F2N5O4. The summed E-state index contributed by atoms with van der Waals surface area (Å²) in [5, 5.41) is 12.6. The van der Waals surface area contributed by atoms with Crippen molar-refractivity contribution in [1.29, 1.82) is 0 Å². The number of imide groups is 1. The van der Waals surface area contributed by atoms with Gasteiger partial charge in [-0.25, -0.2) is 14.8 Å². The number of benzene rings is 1. The zero-order chi connectivity index (χ0) is 24.0. The van der Waals surface area contributed by atoms with E-state index in [4.69, 9.17) is 4.74 Å². The highest BCUT2D eigenvalue weighted by atomic mass is 19.3. The Hall–Kier alpha value is -3.34. The van der Waals surface area contributed by atoms with E-state index in [9.17, 15) is 23.5 Å². The lowest BCUT2D eigenvalue weighted by molar-refractivity contribution is -0.131. The van der Waals surface area contributed by atoms with E-state index in [1.165, 1.54) is 0 Å². The zero-order valence-corrected chi connectivity index (χ0v) is 18.6. The smallest absolute Gasteiger partial charge is 0.325 e. The summed E-state index contributed by atoms with van der Waals surface area (Å²) in [5.41, 5.74) is 0.298. The molecule has 1 unspecified atom stereocenters. The molecule has 4 aliphatic rings. The van der Waals surface area contributed by atoms with Crippen molar-refractivity contribution >= 4 is 17.9 Å². The number of aromatic nitrogens is 2. The molecule has 2 aromatic rings. The maximum absolute atomic E-state index is 14.7. The van der Waals surface area contributed by atoms with Gasteiger partial charge in [-0.15, -0.1) is 0 Å². The van der Waals surface area contributed by atoms with Gasteiger partial charge in [-0.1, -0.05) is 12.1 Å². The van der Waals surface area contributed by atoms with Crippen LogP contribution in [0, 0.1) is 0 Å². The van der Waals surface area contributed by atoms with Gasteiger partial charge in [0.2, 0.25) is 5.95 Å². The van der Waals surface area contributed by atoms with Crippen molar-refractivity contribution in [2.24, 2.45) is 0 Å². The van der Waals surface area contributed by atoms with E-state index >= 15 is 0 Å². The fourth-order valence-corrected chi connectivity index (χ4v) is 5.23. The number of urea groups is 1. The van der Waals surface area contributed by atoms with Crippen molar-refractivity contribution in [2.45, 2.75) is 50.3 Å². The summed E-state index contributed by atoms with van der Waals surface area (Å²) < 4.78 is 35.2. The van der Waals surface area contributed by atoms with E-state index in [0.717, 1.165) is 4.90 Å². The van der Waals surface area contributed by atoms with E-state index in [-0.39, 0.29) is 56.1 Å². The third kappa shape index (κ3) is 2.67. The van der Waals surface area contributed by atoms with E-state index in [1.807, 2.05) is 0 Å². The summed E-state index contributed by atoms with van der Waals surface area (Å²) in [5.74, 6) is -2.88. The number of amides is 3. The van der Waals surface area contributed by atoms with Gasteiger partial charge in [0.05, 0.1) is 17.8 Å². The molecule has 1 aromatic heterocycles. The summed E-state index contributed by atoms with van der Waals surface area (Å²) in [7, 11) is 0. The number of ether oxygens (including phenoxy) is 1. The van der Waals surface area contributed by atoms with Crippen LogP contribution in [0.4, 0.5) is 19.5 Å². The molecule has 3 amide bonds. The maximum atomic E-state index is 14.7. The fourth-order valence-electron chi connectivity index (χ4n) is 5.23. The minimum atomic E-state index is -3.06. The Morgan fingerprint density at radius 1 is 1.29 bits per heavy atom. The predicted octanol–water partition coefficient (Wildman–Crippen LogP) is 1.91. The van der Waals surface area contributed by atoms with Crippen LogP contribution in [-0.2, 0) is 22.7 Å². The monoisotopic (exact) mass is 471 g/mol. The Morgan fingerprint density at radius 3 is 2.76 bits per heavy atom. The maximum Gasteiger partial charge on any atom is 0.325 e. The lowest BCUT2D eigenvalue weighted by atomic mass is 9.90. The topological polar surface area (TPSA) is 108 Å². The van der Waals surface area contributed by atoms with Gasteiger partial charge in [-0.3, -0.25) is 9.69 Å². The molecule has 3 aliphatic heterocycles. The molecule has 2 N–H and O–H groups in total. The second kappa shape index (κ2) is 6.84. The molecule has 0 saturated carbocycles. The van der Waals surface area contributed by atoms with Gasteiger partial charge < -0.3 is 20.1 Å². The van der Waals surface area contributed by atoms with Crippen molar-refractivity contribution in [3.05, 3.63) is 35.0 Å². The number of β-amino-alcohol motifs (C(OH)–C–C–N with tert-alkyl or cyclic N) is 1. The van der Waals surface area contributed by atoms with Crippen molar-refractivity contribution in [3.8, 4) is 17.0 Å². The van der Waals surface area contributed by atoms with Crippen LogP contribution < -0.4 is 15.0 Å². The quantitative estimate of drug-likeness (QED) is 0.659. The molecule has 1 spiro atoms. The second-order valence-electron chi connectivity index (χ2n) is 9.25. The first kappa shape index (κ1) is 21.2. The van der Waals surface area contributed by atoms with Crippen LogP contribution in [0.3, 0.4) is 0 Å². The molecule has 2 fully saturated rings. The van der Waals surface area contributed by atoms with Gasteiger partial charge in [0.25, 0.3) is 11.8 Å². The summed E-state index contributed by atoms with van der Waals surface area (Å²) in [4.78, 5) is 36.9. The number of halogens is 2. The largest absolute Gasteiger partial charge is 0.490 e. The number of rotatable bonds is 3. The summed E-state index contributed by atoms with van der Waals surface area (Å²) in [6.45, 7) is 3.99. The number of nitrogens with zero attached hydrogens (tertiary/aromatic N) is 4. The number of carbonyl (C=O) groups excluding carboxylic acids is 2. The molecule has 3 atom stereocenters. The fraction of sp³-hybridized carbons (Fsp3) is 0.478. The molecule has 9 nitrogen and oxygen atoms in total. The highest BCUT2D eigenvalue weighted by Gasteiger charge is 2.57. The van der Waals surface area contributed by atoms with Gasteiger partial charge in [0, 0.05) is 36.2 Å². The van der Waals surface area contributed by atoms with Crippen LogP contribution in [0.1, 0.15) is 37.1 Å². The number of anilines is 1. The Balaban J connectivity index is 1.44. The first-order valence-electron chi connectivity index (χ1n) is 11.3. The molecule has 34 heavy (non-hydrogen) atoms. The normalized spacial score (nSPS) is 28.6. The predicted molar refractivity (Wildman–Crippen MR) is 116 cm³/mol. The standard InChI is InChI=1S/C23H23F2N5O4/c1-3-29-19(32)22(28-21(29)33)10-34-16-8-12(4-5-14(16)22)17-13-6-7-23(24,25)18(13)27-20(26-17)30-9-15(31)11(30)2/h4-5,8,11,15,31H,3,6-7,9-10H2,1-2H3,(H,28,33)/t11-,15+,22?/m0/s1. The highest BCUT2D eigenvalue weighted by Crippen LogP contribution is 2.47. The van der Waals surface area contributed by atoms with Gasteiger partial charge >= 0.3 is 6.03 Å². The molecule has 4 heterocycles. The molecule has 1 aliphatic carbocycles. The van der Waals surface area contributed by atoms with Crippen molar-refractivity contribution < 1.29 is 28.2 Å². The highest BCUT2D eigenvalue weighted by molar-refractivity contribution is 6.08. The van der Waals surface area contributed by atoms with Crippen LogP contribution in [0.15, 0.2) is 18.2 Å².